The monoisotopic (exact) mass is 380 g/mol. The highest BCUT2D eigenvalue weighted by molar-refractivity contribution is 8.00. The SMILES string of the molecule is CNC(=O)c1ccc(C[NH+](C)CC(=O)N2CCS[C@@H](C(=O)OC)C2)cc1. The van der Waals surface area contributed by atoms with Gasteiger partial charge in [0.1, 0.15) is 11.8 Å². The predicted octanol–water partition coefficient (Wildman–Crippen LogP) is -0.822. The van der Waals surface area contributed by atoms with Gasteiger partial charge in [-0.2, -0.15) is 0 Å². The van der Waals surface area contributed by atoms with Crippen molar-refractivity contribution in [1.29, 1.82) is 0 Å². The molecule has 1 aromatic rings. The molecule has 142 valence electrons. The summed E-state index contributed by atoms with van der Waals surface area (Å²) in [6.45, 7) is 2.11. The van der Waals surface area contributed by atoms with Gasteiger partial charge in [0.25, 0.3) is 11.8 Å². The zero-order valence-electron chi connectivity index (χ0n) is 15.4. The maximum atomic E-state index is 12.5. The van der Waals surface area contributed by atoms with Crippen molar-refractivity contribution < 1.29 is 24.0 Å². The van der Waals surface area contributed by atoms with Crippen molar-refractivity contribution in [3.05, 3.63) is 35.4 Å². The van der Waals surface area contributed by atoms with Crippen LogP contribution in [-0.4, -0.2) is 74.5 Å². The average Bonchev–Trinajstić information content (AvgIpc) is 2.67. The van der Waals surface area contributed by atoms with Crippen molar-refractivity contribution in [2.45, 2.75) is 11.8 Å². The van der Waals surface area contributed by atoms with Crippen LogP contribution in [0.2, 0.25) is 0 Å². The molecule has 1 heterocycles. The molecule has 1 fully saturated rings. The third kappa shape index (κ3) is 5.47. The number of hydrogen-bond acceptors (Lipinski definition) is 5. The second kappa shape index (κ2) is 9.59. The first-order valence-electron chi connectivity index (χ1n) is 8.54. The predicted molar refractivity (Wildman–Crippen MR) is 100 cm³/mol. The highest BCUT2D eigenvalue weighted by Crippen LogP contribution is 2.19. The molecule has 2 N–H and O–H groups in total. The molecule has 1 unspecified atom stereocenters. The molecule has 1 aliphatic heterocycles. The summed E-state index contributed by atoms with van der Waals surface area (Å²) in [6.07, 6.45) is 0. The molecule has 0 bridgehead atoms. The van der Waals surface area contributed by atoms with Crippen LogP contribution in [0.3, 0.4) is 0 Å². The number of quaternary nitrogens is 1. The molecular formula is C18H26N3O4S+. The van der Waals surface area contributed by atoms with Gasteiger partial charge in [-0.15, -0.1) is 11.8 Å². The summed E-state index contributed by atoms with van der Waals surface area (Å²) in [7, 11) is 4.93. The van der Waals surface area contributed by atoms with Gasteiger partial charge in [-0.1, -0.05) is 12.1 Å². The minimum atomic E-state index is -0.296. The van der Waals surface area contributed by atoms with E-state index in [2.05, 4.69) is 5.32 Å². The molecule has 8 heteroatoms. The van der Waals surface area contributed by atoms with Gasteiger partial charge in [0.15, 0.2) is 6.54 Å². The maximum absolute atomic E-state index is 12.5. The van der Waals surface area contributed by atoms with E-state index in [9.17, 15) is 14.4 Å². The maximum Gasteiger partial charge on any atom is 0.320 e. The molecule has 1 aliphatic rings. The van der Waals surface area contributed by atoms with E-state index in [1.807, 2.05) is 19.2 Å². The zero-order chi connectivity index (χ0) is 19.1. The summed E-state index contributed by atoms with van der Waals surface area (Å²) in [4.78, 5) is 38.6. The molecular weight excluding hydrogens is 354 g/mol. The van der Waals surface area contributed by atoms with E-state index in [4.69, 9.17) is 4.74 Å². The third-order valence-electron chi connectivity index (χ3n) is 4.29. The zero-order valence-corrected chi connectivity index (χ0v) is 16.2. The number of carbonyl (C=O) groups is 3. The molecule has 0 aliphatic carbocycles. The van der Waals surface area contributed by atoms with Gasteiger partial charge in [0, 0.05) is 37.0 Å². The Kier molecular flexibility index (Phi) is 7.47. The van der Waals surface area contributed by atoms with Crippen molar-refractivity contribution in [2.24, 2.45) is 0 Å². The summed E-state index contributed by atoms with van der Waals surface area (Å²) >= 11 is 1.54. The molecule has 2 rings (SSSR count). The van der Waals surface area contributed by atoms with Crippen molar-refractivity contribution in [2.75, 3.05) is 46.6 Å². The molecule has 1 aromatic carbocycles. The Hall–Kier alpha value is -2.06. The first kappa shape index (κ1) is 20.3. The number of ether oxygens (including phenoxy) is 1. The normalized spacial score (nSPS) is 18.1. The summed E-state index contributed by atoms with van der Waals surface area (Å²) in [5, 5.41) is 2.29. The molecule has 7 nitrogen and oxygen atoms in total. The van der Waals surface area contributed by atoms with Crippen LogP contribution in [0.5, 0.6) is 0 Å². The lowest BCUT2D eigenvalue weighted by Gasteiger charge is -2.31. The van der Waals surface area contributed by atoms with Crippen LogP contribution >= 0.6 is 11.8 Å². The lowest BCUT2D eigenvalue weighted by atomic mass is 10.1. The minimum Gasteiger partial charge on any atom is -0.468 e. The third-order valence-corrected chi connectivity index (χ3v) is 5.45. The number of amides is 2. The molecule has 26 heavy (non-hydrogen) atoms. The lowest BCUT2D eigenvalue weighted by molar-refractivity contribution is -0.885. The quantitative estimate of drug-likeness (QED) is 0.631. The van der Waals surface area contributed by atoms with Crippen LogP contribution in [0.4, 0.5) is 0 Å². The van der Waals surface area contributed by atoms with Crippen LogP contribution in [0, 0.1) is 0 Å². The summed E-state index contributed by atoms with van der Waals surface area (Å²) in [6, 6.07) is 7.38. The number of carbonyl (C=O) groups excluding carboxylic acids is 3. The number of methoxy groups -OCH3 is 1. The molecule has 0 aromatic heterocycles. The first-order valence-corrected chi connectivity index (χ1v) is 9.59. The van der Waals surface area contributed by atoms with Gasteiger partial charge in [0.2, 0.25) is 0 Å². The van der Waals surface area contributed by atoms with Crippen molar-refractivity contribution in [3.8, 4) is 0 Å². The average molecular weight is 380 g/mol. The largest absolute Gasteiger partial charge is 0.468 e. The number of rotatable bonds is 6. The fourth-order valence-corrected chi connectivity index (χ4v) is 3.98. The Morgan fingerprint density at radius 2 is 2.00 bits per heavy atom. The summed E-state index contributed by atoms with van der Waals surface area (Å²) < 4.78 is 4.78. The van der Waals surface area contributed by atoms with Crippen molar-refractivity contribution in [3.63, 3.8) is 0 Å². The van der Waals surface area contributed by atoms with Crippen LogP contribution < -0.4 is 10.2 Å². The molecule has 0 radical (unpaired) electrons. The highest BCUT2D eigenvalue weighted by atomic mass is 32.2. The fraction of sp³-hybridized carbons (Fsp3) is 0.500. The Balaban J connectivity index is 1.86. The van der Waals surface area contributed by atoms with E-state index in [-0.39, 0.29) is 23.0 Å². The van der Waals surface area contributed by atoms with Crippen LogP contribution in [-0.2, 0) is 20.9 Å². The van der Waals surface area contributed by atoms with Crippen LogP contribution in [0.25, 0.3) is 0 Å². The summed E-state index contributed by atoms with van der Waals surface area (Å²) in [5.41, 5.74) is 1.68. The van der Waals surface area contributed by atoms with Gasteiger partial charge in [-0.3, -0.25) is 14.4 Å². The van der Waals surface area contributed by atoms with E-state index < -0.39 is 0 Å². The number of thioether (sulfide) groups is 1. The Morgan fingerprint density at radius 1 is 1.31 bits per heavy atom. The van der Waals surface area contributed by atoms with Crippen LogP contribution in [0.15, 0.2) is 24.3 Å². The number of nitrogens with zero attached hydrogens (tertiary/aromatic N) is 1. The Morgan fingerprint density at radius 3 is 2.62 bits per heavy atom. The van der Waals surface area contributed by atoms with Gasteiger partial charge >= 0.3 is 5.97 Å². The number of likely N-dealkylation sites (N-methyl/N-ethyl adjacent to an activating group) is 1. The molecule has 2 amide bonds. The van der Waals surface area contributed by atoms with Crippen LogP contribution in [0.1, 0.15) is 15.9 Å². The van der Waals surface area contributed by atoms with Gasteiger partial charge < -0.3 is 19.9 Å². The van der Waals surface area contributed by atoms with E-state index in [0.29, 0.717) is 31.7 Å². The van der Waals surface area contributed by atoms with Crippen molar-refractivity contribution in [1.82, 2.24) is 10.2 Å². The van der Waals surface area contributed by atoms with E-state index in [1.54, 1.807) is 24.1 Å². The van der Waals surface area contributed by atoms with E-state index >= 15 is 0 Å². The Labute approximate surface area is 158 Å². The number of nitrogens with one attached hydrogen (secondary N) is 2. The first-order chi connectivity index (χ1) is 12.4. The lowest BCUT2D eigenvalue weighted by Crippen LogP contribution is -3.08. The van der Waals surface area contributed by atoms with E-state index in [1.165, 1.54) is 18.9 Å². The number of benzene rings is 1. The topological polar surface area (TPSA) is 80.2 Å². The van der Waals surface area contributed by atoms with Gasteiger partial charge in [0.05, 0.1) is 14.2 Å². The summed E-state index contributed by atoms with van der Waals surface area (Å²) in [5.74, 6) is 0.393. The minimum absolute atomic E-state index is 0.0404. The fourth-order valence-electron chi connectivity index (χ4n) is 2.85. The molecule has 0 spiro atoms. The second-order valence-electron chi connectivity index (χ2n) is 6.31. The van der Waals surface area contributed by atoms with Gasteiger partial charge in [-0.05, 0) is 12.1 Å². The molecule has 0 saturated carbocycles. The number of hydrogen-bond donors (Lipinski definition) is 2. The standard InChI is InChI=1S/C18H25N3O4S/c1-19-17(23)14-6-4-13(5-7-14)10-20(2)12-16(22)21-8-9-26-15(11-21)18(24)25-3/h4-7,15H,8-12H2,1-3H3,(H,19,23)/p+1/t15-/m1/s1. The second-order valence-corrected chi connectivity index (χ2v) is 7.62. The highest BCUT2D eigenvalue weighted by Gasteiger charge is 2.30. The van der Waals surface area contributed by atoms with E-state index in [0.717, 1.165) is 16.2 Å². The molecule has 1 saturated heterocycles. The molecule has 2 atom stereocenters. The van der Waals surface area contributed by atoms with Crippen molar-refractivity contribution >= 4 is 29.5 Å². The Bertz CT molecular complexity index is 650. The number of esters is 1. The smallest absolute Gasteiger partial charge is 0.320 e. The van der Waals surface area contributed by atoms with Gasteiger partial charge in [-0.25, -0.2) is 0 Å².